The van der Waals surface area contributed by atoms with Crippen LogP contribution in [0, 0.1) is 6.92 Å². The van der Waals surface area contributed by atoms with Crippen LogP contribution >= 0.6 is 22.7 Å². The Kier molecular flexibility index (Phi) is 4.03. The predicted octanol–water partition coefficient (Wildman–Crippen LogP) is 4.15. The molecule has 0 saturated heterocycles. The van der Waals surface area contributed by atoms with E-state index < -0.39 is 0 Å². The SMILES string of the molecule is Cc1nc(NC(=O)n2ccnc2)sc1-c1csc(C(C)(C)C)n1. The molecule has 1 N–H and O–H groups in total. The van der Waals surface area contributed by atoms with Crippen LogP contribution in [0.2, 0.25) is 0 Å². The van der Waals surface area contributed by atoms with Gasteiger partial charge in [-0.05, 0) is 6.92 Å². The van der Waals surface area contributed by atoms with E-state index in [1.54, 1.807) is 23.7 Å². The largest absolute Gasteiger partial charge is 0.333 e. The molecule has 3 aromatic heterocycles. The summed E-state index contributed by atoms with van der Waals surface area (Å²) in [6, 6.07) is -0.281. The molecule has 3 aromatic rings. The number of thiazole rings is 2. The molecule has 8 heteroatoms. The first-order valence-corrected chi connectivity index (χ1v) is 8.77. The van der Waals surface area contributed by atoms with Gasteiger partial charge >= 0.3 is 6.03 Å². The third-order valence-electron chi connectivity index (χ3n) is 3.13. The lowest BCUT2D eigenvalue weighted by Crippen LogP contribution is -2.17. The molecular formula is C15H17N5OS2. The number of amides is 1. The van der Waals surface area contributed by atoms with Crippen molar-refractivity contribution in [3.8, 4) is 10.6 Å². The quantitative estimate of drug-likeness (QED) is 0.756. The van der Waals surface area contributed by atoms with Crippen LogP contribution in [0.15, 0.2) is 24.1 Å². The molecule has 0 saturated carbocycles. The summed E-state index contributed by atoms with van der Waals surface area (Å²) in [6.07, 6.45) is 4.60. The van der Waals surface area contributed by atoms with Crippen LogP contribution in [0.5, 0.6) is 0 Å². The lowest BCUT2D eigenvalue weighted by Gasteiger charge is -2.13. The molecular weight excluding hydrogens is 330 g/mol. The zero-order valence-electron chi connectivity index (χ0n) is 13.3. The first-order chi connectivity index (χ1) is 10.8. The maximum absolute atomic E-state index is 12.0. The molecule has 0 atom stereocenters. The average Bonchev–Trinajstić information content (AvgIpc) is 3.17. The minimum Gasteiger partial charge on any atom is -0.283 e. The van der Waals surface area contributed by atoms with Crippen molar-refractivity contribution in [2.24, 2.45) is 0 Å². The van der Waals surface area contributed by atoms with E-state index in [9.17, 15) is 4.79 Å². The second kappa shape index (κ2) is 5.86. The van der Waals surface area contributed by atoms with Crippen molar-refractivity contribution >= 4 is 33.8 Å². The summed E-state index contributed by atoms with van der Waals surface area (Å²) in [5.74, 6) is 0. The number of carbonyl (C=O) groups is 1. The molecule has 0 aromatic carbocycles. The minimum atomic E-state index is -0.281. The number of hydrogen-bond donors (Lipinski definition) is 1. The zero-order valence-corrected chi connectivity index (χ0v) is 15.0. The second-order valence-electron chi connectivity index (χ2n) is 6.12. The summed E-state index contributed by atoms with van der Waals surface area (Å²) < 4.78 is 1.37. The van der Waals surface area contributed by atoms with Crippen LogP contribution in [0.25, 0.3) is 10.6 Å². The van der Waals surface area contributed by atoms with Gasteiger partial charge in [0, 0.05) is 23.2 Å². The van der Waals surface area contributed by atoms with Gasteiger partial charge in [-0.1, -0.05) is 32.1 Å². The van der Waals surface area contributed by atoms with Gasteiger partial charge in [-0.2, -0.15) is 0 Å². The molecule has 3 rings (SSSR count). The number of nitrogens with zero attached hydrogens (tertiary/aromatic N) is 4. The fourth-order valence-corrected chi connectivity index (χ4v) is 3.84. The van der Waals surface area contributed by atoms with E-state index in [4.69, 9.17) is 4.98 Å². The van der Waals surface area contributed by atoms with E-state index in [0.717, 1.165) is 21.3 Å². The van der Waals surface area contributed by atoms with Crippen LogP contribution in [-0.2, 0) is 5.41 Å². The topological polar surface area (TPSA) is 72.7 Å². The van der Waals surface area contributed by atoms with Crippen LogP contribution in [0.3, 0.4) is 0 Å². The monoisotopic (exact) mass is 347 g/mol. The van der Waals surface area contributed by atoms with Gasteiger partial charge in [0.1, 0.15) is 6.33 Å². The summed E-state index contributed by atoms with van der Waals surface area (Å²) in [4.78, 5) is 26.0. The number of carbonyl (C=O) groups excluding carboxylic acids is 1. The maximum atomic E-state index is 12.0. The molecule has 0 radical (unpaired) electrons. The smallest absolute Gasteiger partial charge is 0.283 e. The van der Waals surface area contributed by atoms with Crippen molar-refractivity contribution < 1.29 is 4.79 Å². The Hall–Kier alpha value is -2.06. The Balaban J connectivity index is 1.84. The van der Waals surface area contributed by atoms with E-state index in [2.05, 4.69) is 36.1 Å². The molecule has 6 nitrogen and oxygen atoms in total. The Labute approximate surface area is 142 Å². The van der Waals surface area contributed by atoms with Crippen molar-refractivity contribution in [3.05, 3.63) is 34.8 Å². The molecule has 0 fully saturated rings. The van der Waals surface area contributed by atoms with Crippen LogP contribution < -0.4 is 5.32 Å². The van der Waals surface area contributed by atoms with Crippen molar-refractivity contribution in [1.82, 2.24) is 19.5 Å². The molecule has 1 amide bonds. The lowest BCUT2D eigenvalue weighted by atomic mass is 9.98. The van der Waals surface area contributed by atoms with Gasteiger partial charge in [0.2, 0.25) is 0 Å². The standard InChI is InChI=1S/C15H17N5OS2/c1-9-11(10-7-22-12(18-10)15(2,3)4)23-13(17-9)19-14(21)20-6-5-16-8-20/h5-8H,1-4H3,(H,17,19,21). The lowest BCUT2D eigenvalue weighted by molar-refractivity contribution is 0.253. The number of nitrogens with one attached hydrogen (secondary N) is 1. The van der Waals surface area contributed by atoms with E-state index in [1.165, 1.54) is 22.2 Å². The molecule has 23 heavy (non-hydrogen) atoms. The Morgan fingerprint density at radius 3 is 2.70 bits per heavy atom. The van der Waals surface area contributed by atoms with Gasteiger partial charge < -0.3 is 0 Å². The molecule has 120 valence electrons. The first kappa shape index (κ1) is 15.8. The predicted molar refractivity (Wildman–Crippen MR) is 93.3 cm³/mol. The van der Waals surface area contributed by atoms with Crippen LogP contribution in [0.4, 0.5) is 9.93 Å². The molecule has 3 heterocycles. The second-order valence-corrected chi connectivity index (χ2v) is 7.98. The Morgan fingerprint density at radius 2 is 2.09 bits per heavy atom. The van der Waals surface area contributed by atoms with Gasteiger partial charge in [0.25, 0.3) is 0 Å². The molecule has 0 bridgehead atoms. The van der Waals surface area contributed by atoms with Crippen molar-refractivity contribution in [1.29, 1.82) is 0 Å². The number of imidazole rings is 1. The van der Waals surface area contributed by atoms with Gasteiger partial charge in [-0.3, -0.25) is 9.88 Å². The fraction of sp³-hybridized carbons (Fsp3) is 0.333. The third-order valence-corrected chi connectivity index (χ3v) is 5.49. The Bertz CT molecular complexity index is 827. The number of aryl methyl sites for hydroxylation is 1. The first-order valence-electron chi connectivity index (χ1n) is 7.08. The summed E-state index contributed by atoms with van der Waals surface area (Å²) >= 11 is 3.08. The molecule has 0 aliphatic rings. The summed E-state index contributed by atoms with van der Waals surface area (Å²) in [5.41, 5.74) is 1.81. The number of anilines is 1. The van der Waals surface area contributed by atoms with Crippen LogP contribution in [0.1, 0.15) is 31.5 Å². The van der Waals surface area contributed by atoms with E-state index in [-0.39, 0.29) is 11.4 Å². The van der Waals surface area contributed by atoms with E-state index in [0.29, 0.717) is 5.13 Å². The molecule has 0 aliphatic heterocycles. The van der Waals surface area contributed by atoms with Gasteiger partial charge in [0.05, 0.1) is 21.3 Å². The van der Waals surface area contributed by atoms with E-state index in [1.807, 2.05) is 12.3 Å². The number of rotatable bonds is 2. The normalized spacial score (nSPS) is 11.7. The highest BCUT2D eigenvalue weighted by Crippen LogP contribution is 2.35. The summed E-state index contributed by atoms with van der Waals surface area (Å²) in [7, 11) is 0. The Morgan fingerprint density at radius 1 is 1.30 bits per heavy atom. The average molecular weight is 347 g/mol. The van der Waals surface area contributed by atoms with Crippen molar-refractivity contribution in [2.75, 3.05) is 5.32 Å². The third kappa shape index (κ3) is 3.32. The van der Waals surface area contributed by atoms with Gasteiger partial charge in [-0.25, -0.2) is 19.7 Å². The highest BCUT2D eigenvalue weighted by Gasteiger charge is 2.20. The molecule has 0 unspecified atom stereocenters. The maximum Gasteiger partial charge on any atom is 0.333 e. The molecule has 0 aliphatic carbocycles. The minimum absolute atomic E-state index is 0.0278. The van der Waals surface area contributed by atoms with Gasteiger partial charge in [0.15, 0.2) is 5.13 Å². The van der Waals surface area contributed by atoms with Gasteiger partial charge in [-0.15, -0.1) is 11.3 Å². The molecule has 0 spiro atoms. The zero-order chi connectivity index (χ0) is 16.6. The number of hydrogen-bond acceptors (Lipinski definition) is 6. The highest BCUT2D eigenvalue weighted by atomic mass is 32.1. The van der Waals surface area contributed by atoms with Crippen LogP contribution in [-0.4, -0.2) is 25.6 Å². The number of aromatic nitrogens is 4. The van der Waals surface area contributed by atoms with Crippen molar-refractivity contribution in [2.45, 2.75) is 33.1 Å². The highest BCUT2D eigenvalue weighted by molar-refractivity contribution is 7.19. The summed E-state index contributed by atoms with van der Waals surface area (Å²) in [6.45, 7) is 8.36. The summed E-state index contributed by atoms with van der Waals surface area (Å²) in [5, 5.41) is 6.47. The van der Waals surface area contributed by atoms with E-state index >= 15 is 0 Å². The fourth-order valence-electron chi connectivity index (χ4n) is 1.95. The van der Waals surface area contributed by atoms with Crippen molar-refractivity contribution in [3.63, 3.8) is 0 Å².